The number of benzene rings is 9. The second-order valence-electron chi connectivity index (χ2n) is 15.0. The molecule has 0 spiro atoms. The minimum absolute atomic E-state index is 0.653. The molecular formula is C54H34N4. The fourth-order valence-corrected chi connectivity index (χ4v) is 9.05. The molecule has 12 rings (SSSR count). The van der Waals surface area contributed by atoms with Crippen molar-refractivity contribution in [3.8, 4) is 45.1 Å². The zero-order valence-corrected chi connectivity index (χ0v) is 31.4. The van der Waals surface area contributed by atoms with Gasteiger partial charge in [0.2, 0.25) is 5.95 Å². The number of hydrogen-bond acceptors (Lipinski definition) is 2. The number of hydrogen-bond donors (Lipinski definition) is 0. The minimum Gasteiger partial charge on any atom is -0.309 e. The Morgan fingerprint density at radius 3 is 1.76 bits per heavy atom. The van der Waals surface area contributed by atoms with Gasteiger partial charge in [0.1, 0.15) is 0 Å². The first-order chi connectivity index (χ1) is 28.8. The quantitative estimate of drug-likeness (QED) is 0.176. The monoisotopic (exact) mass is 738 g/mol. The van der Waals surface area contributed by atoms with Crippen molar-refractivity contribution in [1.82, 2.24) is 19.1 Å². The van der Waals surface area contributed by atoms with E-state index in [9.17, 15) is 0 Å². The van der Waals surface area contributed by atoms with Crippen LogP contribution in [-0.4, -0.2) is 19.1 Å². The molecule has 0 aliphatic carbocycles. The number of nitrogens with zero attached hydrogens (tertiary/aromatic N) is 4. The second-order valence-corrected chi connectivity index (χ2v) is 15.0. The van der Waals surface area contributed by atoms with E-state index in [0.717, 1.165) is 44.4 Å². The van der Waals surface area contributed by atoms with E-state index in [1.54, 1.807) is 0 Å². The van der Waals surface area contributed by atoms with Gasteiger partial charge in [0.05, 0.1) is 33.3 Å². The SMILES string of the molecule is c1ccc(-c2cccc(-c3nc(-n4c5ccccc5c5c6cc(-c7ccc8c9ccccc9n(-c9ccccc9)c8c7)ccc6ccc54)nc4ccccc34)c2)cc1. The van der Waals surface area contributed by atoms with Gasteiger partial charge < -0.3 is 4.57 Å². The zero-order chi connectivity index (χ0) is 38.2. The molecule has 3 aromatic heterocycles. The van der Waals surface area contributed by atoms with Gasteiger partial charge in [-0.2, -0.15) is 0 Å². The Morgan fingerprint density at radius 2 is 0.914 bits per heavy atom. The first-order valence-corrected chi connectivity index (χ1v) is 19.7. The molecule has 0 radical (unpaired) electrons. The molecule has 4 nitrogen and oxygen atoms in total. The van der Waals surface area contributed by atoms with E-state index in [1.165, 1.54) is 60.0 Å². The van der Waals surface area contributed by atoms with E-state index in [4.69, 9.17) is 9.97 Å². The van der Waals surface area contributed by atoms with E-state index in [0.29, 0.717) is 5.95 Å². The first-order valence-electron chi connectivity index (χ1n) is 19.7. The van der Waals surface area contributed by atoms with Gasteiger partial charge in [-0.1, -0.05) is 152 Å². The summed E-state index contributed by atoms with van der Waals surface area (Å²) in [5, 5.41) is 8.28. The molecule has 0 saturated carbocycles. The van der Waals surface area contributed by atoms with E-state index < -0.39 is 0 Å². The summed E-state index contributed by atoms with van der Waals surface area (Å²) in [5.41, 5.74) is 13.3. The fraction of sp³-hybridized carbons (Fsp3) is 0. The molecule has 58 heavy (non-hydrogen) atoms. The molecule has 12 aromatic rings. The maximum atomic E-state index is 5.42. The molecule has 270 valence electrons. The molecule has 3 heterocycles. The number of rotatable bonds is 5. The summed E-state index contributed by atoms with van der Waals surface area (Å²) in [7, 11) is 0. The predicted molar refractivity (Wildman–Crippen MR) is 242 cm³/mol. The second kappa shape index (κ2) is 12.9. The molecule has 9 aromatic carbocycles. The van der Waals surface area contributed by atoms with Crippen LogP contribution in [0.4, 0.5) is 0 Å². The standard InChI is InChI=1S/C54H34N4/c1-3-14-35(15-4-1)37-16-13-17-40(32-37)53-44-21-7-10-23-47(44)55-54(56-53)58-49-25-12-9-22-45(49)52-46-33-38(27-26-36(46)29-31-50(52)58)39-28-30-43-42-20-8-11-24-48(42)57(51(43)34-39)41-18-5-2-6-19-41/h1-34H. The lowest BCUT2D eigenvalue weighted by Crippen LogP contribution is -2.03. The normalized spacial score (nSPS) is 11.8. The Bertz CT molecular complexity index is 3560. The van der Waals surface area contributed by atoms with Crippen LogP contribution >= 0.6 is 0 Å². The van der Waals surface area contributed by atoms with Crippen LogP contribution < -0.4 is 0 Å². The van der Waals surface area contributed by atoms with Crippen molar-refractivity contribution in [2.24, 2.45) is 0 Å². The lowest BCUT2D eigenvalue weighted by Gasteiger charge is -2.13. The first kappa shape index (κ1) is 32.4. The average molecular weight is 739 g/mol. The summed E-state index contributed by atoms with van der Waals surface area (Å²) in [6.45, 7) is 0. The topological polar surface area (TPSA) is 35.6 Å². The van der Waals surface area contributed by atoms with Gasteiger partial charge in [-0.05, 0) is 87.6 Å². The van der Waals surface area contributed by atoms with Crippen LogP contribution in [0.15, 0.2) is 206 Å². The Balaban J connectivity index is 1.07. The fourth-order valence-electron chi connectivity index (χ4n) is 9.05. The van der Waals surface area contributed by atoms with Crippen molar-refractivity contribution in [2.45, 2.75) is 0 Å². The van der Waals surface area contributed by atoms with E-state index in [-0.39, 0.29) is 0 Å². The minimum atomic E-state index is 0.653. The van der Waals surface area contributed by atoms with E-state index in [1.807, 2.05) is 0 Å². The zero-order valence-electron chi connectivity index (χ0n) is 31.4. The summed E-state index contributed by atoms with van der Waals surface area (Å²) in [6.07, 6.45) is 0. The Morgan fingerprint density at radius 1 is 0.310 bits per heavy atom. The molecule has 0 unspecified atom stereocenters. The van der Waals surface area contributed by atoms with E-state index >= 15 is 0 Å². The Labute approximate surface area is 334 Å². The summed E-state index contributed by atoms with van der Waals surface area (Å²) < 4.78 is 4.63. The largest absolute Gasteiger partial charge is 0.309 e. The smallest absolute Gasteiger partial charge is 0.235 e. The number of para-hydroxylation sites is 4. The number of aromatic nitrogens is 4. The Kier molecular flexibility index (Phi) is 7.20. The molecule has 0 bridgehead atoms. The molecule has 0 amide bonds. The van der Waals surface area contributed by atoms with Crippen LogP contribution in [0.3, 0.4) is 0 Å². The molecule has 4 heteroatoms. The maximum absolute atomic E-state index is 5.42. The van der Waals surface area contributed by atoms with Crippen molar-refractivity contribution < 1.29 is 0 Å². The maximum Gasteiger partial charge on any atom is 0.235 e. The van der Waals surface area contributed by atoms with Gasteiger partial charge in [-0.15, -0.1) is 0 Å². The molecular weight excluding hydrogens is 705 g/mol. The van der Waals surface area contributed by atoms with Crippen LogP contribution in [0.5, 0.6) is 0 Å². The van der Waals surface area contributed by atoms with Gasteiger partial charge in [-0.25, -0.2) is 9.97 Å². The van der Waals surface area contributed by atoms with Crippen LogP contribution in [0, 0.1) is 0 Å². The highest BCUT2D eigenvalue weighted by atomic mass is 15.2. The lowest BCUT2D eigenvalue weighted by atomic mass is 9.97. The molecule has 0 atom stereocenters. The molecule has 0 aliphatic rings. The van der Waals surface area contributed by atoms with Crippen LogP contribution in [-0.2, 0) is 0 Å². The van der Waals surface area contributed by atoms with Gasteiger partial charge >= 0.3 is 0 Å². The van der Waals surface area contributed by atoms with Gasteiger partial charge in [0, 0.05) is 38.2 Å². The van der Waals surface area contributed by atoms with Crippen LogP contribution in [0.25, 0.3) is 110 Å². The molecule has 0 N–H and O–H groups in total. The molecule has 0 aliphatic heterocycles. The number of fused-ring (bicyclic) bond motifs is 9. The lowest BCUT2D eigenvalue weighted by molar-refractivity contribution is 1.01. The van der Waals surface area contributed by atoms with Crippen molar-refractivity contribution in [2.75, 3.05) is 0 Å². The summed E-state index contributed by atoms with van der Waals surface area (Å²) in [6, 6.07) is 73.8. The van der Waals surface area contributed by atoms with Gasteiger partial charge in [0.15, 0.2) is 0 Å². The summed E-state index contributed by atoms with van der Waals surface area (Å²) in [4.78, 5) is 10.7. The third kappa shape index (κ3) is 5.02. The average Bonchev–Trinajstić information content (AvgIpc) is 3.82. The molecule has 0 saturated heterocycles. The summed E-state index contributed by atoms with van der Waals surface area (Å²) in [5.74, 6) is 0.653. The highest BCUT2D eigenvalue weighted by molar-refractivity contribution is 6.22. The van der Waals surface area contributed by atoms with Crippen molar-refractivity contribution in [3.63, 3.8) is 0 Å². The molecule has 0 fully saturated rings. The van der Waals surface area contributed by atoms with Crippen LogP contribution in [0.2, 0.25) is 0 Å². The third-order valence-corrected chi connectivity index (χ3v) is 11.7. The highest BCUT2D eigenvalue weighted by Crippen LogP contribution is 2.40. The van der Waals surface area contributed by atoms with Crippen molar-refractivity contribution in [1.29, 1.82) is 0 Å². The van der Waals surface area contributed by atoms with E-state index in [2.05, 4.69) is 215 Å². The Hall–Kier alpha value is -7.82. The highest BCUT2D eigenvalue weighted by Gasteiger charge is 2.20. The van der Waals surface area contributed by atoms with Crippen molar-refractivity contribution in [3.05, 3.63) is 206 Å². The van der Waals surface area contributed by atoms with Crippen molar-refractivity contribution >= 4 is 65.3 Å². The van der Waals surface area contributed by atoms with Gasteiger partial charge in [0.25, 0.3) is 0 Å². The summed E-state index contributed by atoms with van der Waals surface area (Å²) >= 11 is 0. The van der Waals surface area contributed by atoms with Gasteiger partial charge in [-0.3, -0.25) is 4.57 Å². The third-order valence-electron chi connectivity index (χ3n) is 11.7. The van der Waals surface area contributed by atoms with Crippen LogP contribution in [0.1, 0.15) is 0 Å². The predicted octanol–water partition coefficient (Wildman–Crippen LogP) is 14.0.